The van der Waals surface area contributed by atoms with Crippen LogP contribution >= 0.6 is 0 Å². The Labute approximate surface area is 152 Å². The van der Waals surface area contributed by atoms with Crippen LogP contribution in [0, 0.1) is 13.8 Å². The number of carbonyl (C=O) groups is 1. The van der Waals surface area contributed by atoms with E-state index >= 15 is 0 Å². The summed E-state index contributed by atoms with van der Waals surface area (Å²) in [6.45, 7) is 3.68. The van der Waals surface area contributed by atoms with E-state index in [0.717, 1.165) is 18.4 Å². The van der Waals surface area contributed by atoms with Crippen molar-refractivity contribution in [1.29, 1.82) is 0 Å². The molecule has 9 heteroatoms. The average Bonchev–Trinajstić information content (AvgIpc) is 2.93. The molecule has 1 aromatic carbocycles. The fourth-order valence-corrected chi connectivity index (χ4v) is 4.54. The topological polar surface area (TPSA) is 102 Å². The van der Waals surface area contributed by atoms with Crippen molar-refractivity contribution in [2.24, 2.45) is 0 Å². The normalized spacial score (nSPS) is 14.2. The molecular weight excluding hydrogens is 358 g/mol. The fraction of sp³-hybridized carbons (Fsp3) is 0.412. The fourth-order valence-electron chi connectivity index (χ4n) is 3.16. The van der Waals surface area contributed by atoms with Crippen LogP contribution in [-0.2, 0) is 26.0 Å². The zero-order valence-electron chi connectivity index (χ0n) is 14.9. The van der Waals surface area contributed by atoms with Crippen LogP contribution in [0.4, 0.5) is 11.4 Å². The Morgan fingerprint density at radius 2 is 2.15 bits per heavy atom. The first-order valence-electron chi connectivity index (χ1n) is 8.21. The monoisotopic (exact) mass is 379 g/mol. The van der Waals surface area contributed by atoms with Gasteiger partial charge in [0, 0.05) is 19.3 Å². The number of ether oxygens (including phenoxy) is 1. The van der Waals surface area contributed by atoms with Gasteiger partial charge < -0.3 is 14.2 Å². The lowest BCUT2D eigenvalue weighted by Gasteiger charge is -2.30. The van der Waals surface area contributed by atoms with Crippen LogP contribution in [0.1, 0.15) is 23.4 Å². The van der Waals surface area contributed by atoms with Gasteiger partial charge in [-0.25, -0.2) is 8.42 Å². The molecule has 1 N–H and O–H groups in total. The molecule has 0 saturated heterocycles. The number of fused-ring (bicyclic) bond motifs is 1. The van der Waals surface area contributed by atoms with E-state index in [2.05, 4.69) is 9.88 Å². The van der Waals surface area contributed by atoms with Crippen molar-refractivity contribution < 1.29 is 22.5 Å². The standard InChI is InChI=1S/C17H21N3O5S/c1-11-17(12(2)25-18-11)26(22,23)19-14-7-6-13-5-4-8-20(15(13)9-14)16(21)10-24-3/h6-7,9,19H,4-5,8,10H2,1-3H3. The minimum atomic E-state index is -3.84. The number of nitrogens with zero attached hydrogens (tertiary/aromatic N) is 2. The maximum atomic E-state index is 12.7. The summed E-state index contributed by atoms with van der Waals surface area (Å²) in [6.07, 6.45) is 1.69. The first kappa shape index (κ1) is 18.4. The summed E-state index contributed by atoms with van der Waals surface area (Å²) in [6, 6.07) is 5.21. The predicted octanol–water partition coefficient (Wildman–Crippen LogP) is 2.02. The van der Waals surface area contributed by atoms with E-state index < -0.39 is 10.0 Å². The highest BCUT2D eigenvalue weighted by Gasteiger charge is 2.26. The highest BCUT2D eigenvalue weighted by molar-refractivity contribution is 7.92. The van der Waals surface area contributed by atoms with Crippen molar-refractivity contribution in [3.63, 3.8) is 0 Å². The van der Waals surface area contributed by atoms with Gasteiger partial charge in [-0.1, -0.05) is 11.2 Å². The number of carbonyl (C=O) groups excluding carboxylic acids is 1. The number of anilines is 2. The molecular formula is C17H21N3O5S. The van der Waals surface area contributed by atoms with Gasteiger partial charge in [0.2, 0.25) is 0 Å². The summed E-state index contributed by atoms with van der Waals surface area (Å²) >= 11 is 0. The summed E-state index contributed by atoms with van der Waals surface area (Å²) < 4.78 is 37.8. The van der Waals surface area contributed by atoms with Crippen molar-refractivity contribution in [3.8, 4) is 0 Å². The summed E-state index contributed by atoms with van der Waals surface area (Å²) in [5.41, 5.74) is 2.38. The third kappa shape index (κ3) is 3.45. The minimum absolute atomic E-state index is 0.0194. The molecule has 1 aliphatic rings. The molecule has 2 aromatic rings. The zero-order chi connectivity index (χ0) is 18.9. The second kappa shape index (κ2) is 7.08. The molecule has 26 heavy (non-hydrogen) atoms. The molecule has 3 rings (SSSR count). The van der Waals surface area contributed by atoms with Gasteiger partial charge >= 0.3 is 0 Å². The molecule has 0 radical (unpaired) electrons. The van der Waals surface area contributed by atoms with E-state index in [9.17, 15) is 13.2 Å². The molecule has 0 spiro atoms. The second-order valence-electron chi connectivity index (χ2n) is 6.18. The molecule has 1 aromatic heterocycles. The van der Waals surface area contributed by atoms with Crippen LogP contribution in [-0.4, -0.2) is 39.7 Å². The molecule has 0 saturated carbocycles. The van der Waals surface area contributed by atoms with E-state index in [-0.39, 0.29) is 23.2 Å². The van der Waals surface area contributed by atoms with Crippen LogP contribution in [0.15, 0.2) is 27.6 Å². The highest BCUT2D eigenvalue weighted by Crippen LogP contribution is 2.31. The molecule has 0 unspecified atom stereocenters. The highest BCUT2D eigenvalue weighted by atomic mass is 32.2. The molecule has 0 bridgehead atoms. The predicted molar refractivity (Wildman–Crippen MR) is 95.8 cm³/mol. The third-order valence-electron chi connectivity index (χ3n) is 4.26. The summed E-state index contributed by atoms with van der Waals surface area (Å²) in [5.74, 6) is 0.0732. The molecule has 0 fully saturated rings. The second-order valence-corrected chi connectivity index (χ2v) is 7.80. The summed E-state index contributed by atoms with van der Waals surface area (Å²) in [4.78, 5) is 13.9. The number of sulfonamides is 1. The van der Waals surface area contributed by atoms with Crippen LogP contribution < -0.4 is 9.62 Å². The lowest BCUT2D eigenvalue weighted by Crippen LogP contribution is -2.37. The first-order chi connectivity index (χ1) is 12.3. The Bertz CT molecular complexity index is 916. The Hall–Kier alpha value is -2.39. The van der Waals surface area contributed by atoms with E-state index in [1.54, 1.807) is 30.9 Å². The van der Waals surface area contributed by atoms with Crippen molar-refractivity contribution in [1.82, 2.24) is 5.16 Å². The molecule has 2 heterocycles. The Morgan fingerprint density at radius 3 is 2.81 bits per heavy atom. The van der Waals surface area contributed by atoms with Gasteiger partial charge in [-0.05, 0) is 44.4 Å². The maximum Gasteiger partial charge on any atom is 0.267 e. The Balaban J connectivity index is 1.93. The van der Waals surface area contributed by atoms with Gasteiger partial charge in [-0.15, -0.1) is 0 Å². The van der Waals surface area contributed by atoms with Gasteiger partial charge in [-0.2, -0.15) is 0 Å². The van der Waals surface area contributed by atoms with Gasteiger partial charge in [0.15, 0.2) is 10.7 Å². The quantitative estimate of drug-likeness (QED) is 0.853. The lowest BCUT2D eigenvalue weighted by atomic mass is 10.0. The van der Waals surface area contributed by atoms with Gasteiger partial charge in [0.1, 0.15) is 12.3 Å². The van der Waals surface area contributed by atoms with Gasteiger partial charge in [-0.3, -0.25) is 9.52 Å². The van der Waals surface area contributed by atoms with Crippen molar-refractivity contribution in [2.75, 3.05) is 29.9 Å². The molecule has 140 valence electrons. The largest absolute Gasteiger partial charge is 0.375 e. The molecule has 8 nitrogen and oxygen atoms in total. The Kier molecular flexibility index (Phi) is 5.01. The number of rotatable bonds is 5. The van der Waals surface area contributed by atoms with Crippen molar-refractivity contribution in [3.05, 3.63) is 35.2 Å². The number of aromatic nitrogens is 1. The number of benzene rings is 1. The van der Waals surface area contributed by atoms with Crippen LogP contribution in [0.5, 0.6) is 0 Å². The number of hydrogen-bond acceptors (Lipinski definition) is 6. The van der Waals surface area contributed by atoms with Crippen molar-refractivity contribution >= 4 is 27.3 Å². The number of methoxy groups -OCH3 is 1. The minimum Gasteiger partial charge on any atom is -0.375 e. The zero-order valence-corrected chi connectivity index (χ0v) is 15.7. The number of hydrogen-bond donors (Lipinski definition) is 1. The number of aryl methyl sites for hydroxylation is 3. The van der Waals surface area contributed by atoms with E-state index in [4.69, 9.17) is 9.26 Å². The molecule has 0 atom stereocenters. The SMILES string of the molecule is COCC(=O)N1CCCc2ccc(NS(=O)(=O)c3c(C)noc3C)cc21. The average molecular weight is 379 g/mol. The van der Waals surface area contributed by atoms with Crippen LogP contribution in [0.25, 0.3) is 0 Å². The Morgan fingerprint density at radius 1 is 1.38 bits per heavy atom. The summed E-state index contributed by atoms with van der Waals surface area (Å²) in [5, 5.41) is 3.69. The maximum absolute atomic E-state index is 12.7. The van der Waals surface area contributed by atoms with Crippen LogP contribution in [0.2, 0.25) is 0 Å². The third-order valence-corrected chi connectivity index (χ3v) is 5.89. The number of amides is 1. The number of nitrogens with one attached hydrogen (secondary N) is 1. The van der Waals surface area contributed by atoms with E-state index in [0.29, 0.717) is 23.6 Å². The molecule has 0 aliphatic carbocycles. The smallest absolute Gasteiger partial charge is 0.267 e. The van der Waals surface area contributed by atoms with E-state index in [1.165, 1.54) is 7.11 Å². The van der Waals surface area contributed by atoms with Crippen molar-refractivity contribution in [2.45, 2.75) is 31.6 Å². The lowest BCUT2D eigenvalue weighted by molar-refractivity contribution is -0.122. The van der Waals surface area contributed by atoms with Gasteiger partial charge in [0.05, 0.1) is 5.69 Å². The molecule has 1 amide bonds. The summed E-state index contributed by atoms with van der Waals surface area (Å²) in [7, 11) is -2.37. The molecule has 1 aliphatic heterocycles. The van der Waals surface area contributed by atoms with E-state index in [1.807, 2.05) is 6.07 Å². The van der Waals surface area contributed by atoms with Crippen LogP contribution in [0.3, 0.4) is 0 Å². The van der Waals surface area contributed by atoms with Gasteiger partial charge in [0.25, 0.3) is 15.9 Å². The first-order valence-corrected chi connectivity index (χ1v) is 9.69.